The summed E-state index contributed by atoms with van der Waals surface area (Å²) in [7, 11) is 0. The van der Waals surface area contributed by atoms with E-state index in [2.05, 4.69) is 11.4 Å². The molecule has 0 aliphatic rings. The predicted octanol–water partition coefficient (Wildman–Crippen LogP) is 2.56. The van der Waals surface area contributed by atoms with E-state index < -0.39 is 0 Å². The number of rotatable bonds is 5. The van der Waals surface area contributed by atoms with Gasteiger partial charge in [0.2, 0.25) is 0 Å². The normalized spacial score (nSPS) is 9.71. The second-order valence-corrected chi connectivity index (χ2v) is 4.69. The molecule has 0 bridgehead atoms. The van der Waals surface area contributed by atoms with E-state index in [9.17, 15) is 4.79 Å². The van der Waals surface area contributed by atoms with E-state index in [1.807, 2.05) is 43.3 Å². The monoisotopic (exact) mass is 280 g/mol. The van der Waals surface area contributed by atoms with Crippen LogP contribution in [-0.4, -0.2) is 12.5 Å². The Morgan fingerprint density at radius 3 is 2.67 bits per heavy atom. The molecule has 4 nitrogen and oxygen atoms in total. The average molecular weight is 280 g/mol. The van der Waals surface area contributed by atoms with Crippen LogP contribution in [0.15, 0.2) is 48.5 Å². The van der Waals surface area contributed by atoms with E-state index in [-0.39, 0.29) is 12.5 Å². The summed E-state index contributed by atoms with van der Waals surface area (Å²) < 4.78 is 5.42. The Hall–Kier alpha value is -2.80. The Balaban J connectivity index is 1.78. The van der Waals surface area contributed by atoms with Crippen LogP contribution in [0.3, 0.4) is 0 Å². The van der Waals surface area contributed by atoms with Gasteiger partial charge >= 0.3 is 0 Å². The lowest BCUT2D eigenvalue weighted by Crippen LogP contribution is -2.28. The number of benzene rings is 2. The van der Waals surface area contributed by atoms with Crippen LogP contribution in [0.4, 0.5) is 0 Å². The Morgan fingerprint density at radius 2 is 2.00 bits per heavy atom. The van der Waals surface area contributed by atoms with E-state index >= 15 is 0 Å². The zero-order valence-corrected chi connectivity index (χ0v) is 11.8. The van der Waals surface area contributed by atoms with Crippen LogP contribution < -0.4 is 10.1 Å². The van der Waals surface area contributed by atoms with Crippen molar-refractivity contribution in [1.29, 1.82) is 5.26 Å². The van der Waals surface area contributed by atoms with Gasteiger partial charge in [0, 0.05) is 6.54 Å². The quantitative estimate of drug-likeness (QED) is 0.915. The zero-order chi connectivity index (χ0) is 15.1. The number of amides is 1. The molecule has 0 atom stereocenters. The molecule has 1 N–H and O–H groups in total. The SMILES string of the molecule is Cc1cccc(OCC(=O)NCc2ccc(C#N)cc2)c1. The van der Waals surface area contributed by atoms with Gasteiger partial charge in [0.05, 0.1) is 11.6 Å². The second kappa shape index (κ2) is 7.11. The number of hydrogen-bond acceptors (Lipinski definition) is 3. The molecule has 2 rings (SSSR count). The summed E-state index contributed by atoms with van der Waals surface area (Å²) in [5, 5.41) is 11.5. The smallest absolute Gasteiger partial charge is 0.258 e. The molecule has 0 aliphatic carbocycles. The highest BCUT2D eigenvalue weighted by molar-refractivity contribution is 5.77. The molecule has 21 heavy (non-hydrogen) atoms. The number of ether oxygens (including phenoxy) is 1. The molecule has 0 spiro atoms. The fourth-order valence-electron chi connectivity index (χ4n) is 1.80. The number of nitriles is 1. The minimum absolute atomic E-state index is 0.0142. The van der Waals surface area contributed by atoms with Crippen LogP contribution in [0.2, 0.25) is 0 Å². The third kappa shape index (κ3) is 4.66. The molecular formula is C17H16N2O2. The van der Waals surface area contributed by atoms with Gasteiger partial charge < -0.3 is 10.1 Å². The molecule has 0 fully saturated rings. The number of hydrogen-bond donors (Lipinski definition) is 1. The molecule has 2 aromatic rings. The van der Waals surface area contributed by atoms with Gasteiger partial charge in [0.15, 0.2) is 6.61 Å². The minimum Gasteiger partial charge on any atom is -0.484 e. The number of nitrogens with one attached hydrogen (secondary N) is 1. The highest BCUT2D eigenvalue weighted by Crippen LogP contribution is 2.11. The van der Waals surface area contributed by atoms with Gasteiger partial charge in [0.1, 0.15) is 5.75 Å². The molecule has 0 saturated heterocycles. The highest BCUT2D eigenvalue weighted by Gasteiger charge is 2.03. The lowest BCUT2D eigenvalue weighted by Gasteiger charge is -2.08. The summed E-state index contributed by atoms with van der Waals surface area (Å²) >= 11 is 0. The molecular weight excluding hydrogens is 264 g/mol. The fourth-order valence-corrected chi connectivity index (χ4v) is 1.80. The molecule has 0 heterocycles. The summed E-state index contributed by atoms with van der Waals surface area (Å²) in [6.45, 7) is 2.37. The fraction of sp³-hybridized carbons (Fsp3) is 0.176. The first-order valence-electron chi connectivity index (χ1n) is 6.62. The van der Waals surface area contributed by atoms with E-state index in [0.29, 0.717) is 17.9 Å². The number of carbonyl (C=O) groups is 1. The highest BCUT2D eigenvalue weighted by atomic mass is 16.5. The van der Waals surface area contributed by atoms with Crippen molar-refractivity contribution in [2.75, 3.05) is 6.61 Å². The Labute approximate surface area is 124 Å². The van der Waals surface area contributed by atoms with E-state index in [1.165, 1.54) is 0 Å². The standard InChI is InChI=1S/C17H16N2O2/c1-13-3-2-4-16(9-13)21-12-17(20)19-11-15-7-5-14(10-18)6-8-15/h2-9H,11-12H2,1H3,(H,19,20). The summed E-state index contributed by atoms with van der Waals surface area (Å²) in [5.41, 5.74) is 2.64. The van der Waals surface area contributed by atoms with Crippen LogP contribution in [0, 0.1) is 18.3 Å². The van der Waals surface area contributed by atoms with Crippen LogP contribution in [0.1, 0.15) is 16.7 Å². The summed E-state index contributed by atoms with van der Waals surface area (Å²) in [6, 6.07) is 16.7. The molecule has 106 valence electrons. The van der Waals surface area contributed by atoms with Crippen LogP contribution in [-0.2, 0) is 11.3 Å². The summed E-state index contributed by atoms with van der Waals surface area (Å²) in [4.78, 5) is 11.7. The van der Waals surface area contributed by atoms with Crippen LogP contribution >= 0.6 is 0 Å². The first-order chi connectivity index (χ1) is 10.2. The number of aryl methyl sites for hydroxylation is 1. The number of carbonyl (C=O) groups excluding carboxylic acids is 1. The van der Waals surface area contributed by atoms with Gasteiger partial charge in [0.25, 0.3) is 5.91 Å². The van der Waals surface area contributed by atoms with Gasteiger partial charge in [-0.3, -0.25) is 4.79 Å². The third-order valence-electron chi connectivity index (χ3n) is 2.93. The van der Waals surface area contributed by atoms with Gasteiger partial charge in [-0.15, -0.1) is 0 Å². The van der Waals surface area contributed by atoms with Crippen LogP contribution in [0.5, 0.6) is 5.75 Å². The second-order valence-electron chi connectivity index (χ2n) is 4.69. The van der Waals surface area contributed by atoms with E-state index in [0.717, 1.165) is 11.1 Å². The maximum atomic E-state index is 11.7. The number of nitrogens with zero attached hydrogens (tertiary/aromatic N) is 1. The topological polar surface area (TPSA) is 62.1 Å². The van der Waals surface area contributed by atoms with Gasteiger partial charge in [-0.1, -0.05) is 24.3 Å². The van der Waals surface area contributed by atoms with Crippen molar-refractivity contribution in [3.8, 4) is 11.8 Å². The van der Waals surface area contributed by atoms with Gasteiger partial charge in [-0.2, -0.15) is 5.26 Å². The average Bonchev–Trinajstić information content (AvgIpc) is 2.51. The van der Waals surface area contributed by atoms with Crippen molar-refractivity contribution in [2.45, 2.75) is 13.5 Å². The van der Waals surface area contributed by atoms with Crippen molar-refractivity contribution in [1.82, 2.24) is 5.32 Å². The van der Waals surface area contributed by atoms with E-state index in [1.54, 1.807) is 12.1 Å². The van der Waals surface area contributed by atoms with Crippen molar-refractivity contribution in [3.63, 3.8) is 0 Å². The molecule has 0 radical (unpaired) electrons. The third-order valence-corrected chi connectivity index (χ3v) is 2.93. The first-order valence-corrected chi connectivity index (χ1v) is 6.62. The molecule has 2 aromatic carbocycles. The molecule has 0 unspecified atom stereocenters. The Bertz CT molecular complexity index is 657. The molecule has 4 heteroatoms. The largest absolute Gasteiger partial charge is 0.484 e. The van der Waals surface area contributed by atoms with Gasteiger partial charge in [-0.25, -0.2) is 0 Å². The van der Waals surface area contributed by atoms with Crippen LogP contribution in [0.25, 0.3) is 0 Å². The first kappa shape index (κ1) is 14.6. The zero-order valence-electron chi connectivity index (χ0n) is 11.8. The molecule has 0 aliphatic heterocycles. The Kier molecular flexibility index (Phi) is 4.94. The van der Waals surface area contributed by atoms with Crippen molar-refractivity contribution in [2.24, 2.45) is 0 Å². The molecule has 1 amide bonds. The van der Waals surface area contributed by atoms with Crippen molar-refractivity contribution in [3.05, 3.63) is 65.2 Å². The van der Waals surface area contributed by atoms with Gasteiger partial charge in [-0.05, 0) is 42.3 Å². The predicted molar refractivity (Wildman–Crippen MR) is 79.7 cm³/mol. The minimum atomic E-state index is -0.180. The Morgan fingerprint density at radius 1 is 1.24 bits per heavy atom. The summed E-state index contributed by atoms with van der Waals surface area (Å²) in [6.07, 6.45) is 0. The lowest BCUT2D eigenvalue weighted by molar-refractivity contribution is -0.123. The maximum Gasteiger partial charge on any atom is 0.258 e. The van der Waals surface area contributed by atoms with Crippen molar-refractivity contribution >= 4 is 5.91 Å². The lowest BCUT2D eigenvalue weighted by atomic mass is 10.1. The molecule has 0 saturated carbocycles. The van der Waals surface area contributed by atoms with Crippen molar-refractivity contribution < 1.29 is 9.53 Å². The van der Waals surface area contributed by atoms with E-state index in [4.69, 9.17) is 10.00 Å². The molecule has 0 aromatic heterocycles. The maximum absolute atomic E-state index is 11.7. The summed E-state index contributed by atoms with van der Waals surface area (Å²) in [5.74, 6) is 0.504.